The summed E-state index contributed by atoms with van der Waals surface area (Å²) < 4.78 is 5.67. The minimum atomic E-state index is -0.760. The first kappa shape index (κ1) is 17.6. The number of nitrogens with zero attached hydrogens (tertiary/aromatic N) is 1. The van der Waals surface area contributed by atoms with Crippen LogP contribution in [0.2, 0.25) is 5.02 Å². The highest BCUT2D eigenvalue weighted by Crippen LogP contribution is 2.22. The lowest BCUT2D eigenvalue weighted by molar-refractivity contribution is -0.145. The predicted octanol–water partition coefficient (Wildman–Crippen LogP) is 3.13. The number of benzene rings is 1. The van der Waals surface area contributed by atoms with E-state index in [1.165, 1.54) is 0 Å². The van der Waals surface area contributed by atoms with Crippen molar-refractivity contribution in [2.75, 3.05) is 19.7 Å². The van der Waals surface area contributed by atoms with E-state index < -0.39 is 5.97 Å². The fourth-order valence-electron chi connectivity index (χ4n) is 2.71. The Morgan fingerprint density at radius 2 is 2.04 bits per heavy atom. The Balaban J connectivity index is 1.68. The number of ether oxygens (including phenoxy) is 1. The van der Waals surface area contributed by atoms with Crippen molar-refractivity contribution in [3.63, 3.8) is 0 Å². The zero-order chi connectivity index (χ0) is 16.8. The third kappa shape index (κ3) is 5.13. The number of piperidine rings is 1. The normalized spacial score (nSPS) is 15.5. The summed E-state index contributed by atoms with van der Waals surface area (Å²) in [4.78, 5) is 24.8. The quantitative estimate of drug-likeness (QED) is 0.808. The molecule has 2 rings (SSSR count). The molecule has 1 amide bonds. The first-order valence-corrected chi connectivity index (χ1v) is 8.24. The van der Waals surface area contributed by atoms with E-state index in [0.29, 0.717) is 50.4 Å². The van der Waals surface area contributed by atoms with Gasteiger partial charge in [0.15, 0.2) is 0 Å². The van der Waals surface area contributed by atoms with Gasteiger partial charge in [0.05, 0.1) is 12.5 Å². The lowest BCUT2D eigenvalue weighted by Gasteiger charge is -2.30. The number of carboxylic acids is 1. The molecule has 1 saturated heterocycles. The van der Waals surface area contributed by atoms with Crippen LogP contribution in [0.15, 0.2) is 18.2 Å². The van der Waals surface area contributed by atoms with Crippen molar-refractivity contribution < 1.29 is 19.4 Å². The predicted molar refractivity (Wildman–Crippen MR) is 87.9 cm³/mol. The van der Waals surface area contributed by atoms with Crippen LogP contribution in [-0.4, -0.2) is 41.6 Å². The Hall–Kier alpha value is -1.75. The number of hydrogen-bond donors (Lipinski definition) is 1. The molecule has 0 unspecified atom stereocenters. The van der Waals surface area contributed by atoms with E-state index >= 15 is 0 Å². The summed E-state index contributed by atoms with van der Waals surface area (Å²) in [5.41, 5.74) is 0.972. The summed E-state index contributed by atoms with van der Waals surface area (Å²) in [6, 6.07) is 5.45. The van der Waals surface area contributed by atoms with Crippen LogP contribution in [0.3, 0.4) is 0 Å². The van der Waals surface area contributed by atoms with Gasteiger partial charge in [0.1, 0.15) is 5.75 Å². The third-order valence-corrected chi connectivity index (χ3v) is 4.36. The van der Waals surface area contributed by atoms with Crippen molar-refractivity contribution >= 4 is 23.5 Å². The second kappa shape index (κ2) is 8.20. The number of rotatable bonds is 6. The molecule has 1 aromatic carbocycles. The van der Waals surface area contributed by atoms with Gasteiger partial charge in [0, 0.05) is 24.5 Å². The Morgan fingerprint density at radius 3 is 2.65 bits per heavy atom. The molecule has 1 N–H and O–H groups in total. The molecule has 1 aliphatic rings. The monoisotopic (exact) mass is 339 g/mol. The van der Waals surface area contributed by atoms with Crippen molar-refractivity contribution in [2.45, 2.75) is 32.6 Å². The standard InChI is InChI=1S/C17H22ClNO4/c1-12-11-14(18)4-5-15(12)23-10-2-3-16(20)19-8-6-13(7-9-19)17(21)22/h4-5,11,13H,2-3,6-10H2,1H3,(H,21,22). The van der Waals surface area contributed by atoms with E-state index in [2.05, 4.69) is 0 Å². The second-order valence-corrected chi connectivity index (χ2v) is 6.29. The zero-order valence-electron chi connectivity index (χ0n) is 13.3. The van der Waals surface area contributed by atoms with Gasteiger partial charge in [-0.1, -0.05) is 11.6 Å². The maximum absolute atomic E-state index is 12.1. The molecule has 6 heteroatoms. The number of likely N-dealkylation sites (tertiary alicyclic amines) is 1. The Bertz CT molecular complexity index is 568. The van der Waals surface area contributed by atoms with Gasteiger partial charge in [0.25, 0.3) is 0 Å². The fourth-order valence-corrected chi connectivity index (χ4v) is 2.94. The zero-order valence-corrected chi connectivity index (χ0v) is 14.0. The number of carboxylic acid groups (broad SMARTS) is 1. The molecule has 1 aromatic rings. The van der Waals surface area contributed by atoms with Crippen LogP contribution in [0.4, 0.5) is 0 Å². The highest BCUT2D eigenvalue weighted by atomic mass is 35.5. The van der Waals surface area contributed by atoms with Crippen molar-refractivity contribution in [3.05, 3.63) is 28.8 Å². The maximum Gasteiger partial charge on any atom is 0.306 e. The Kier molecular flexibility index (Phi) is 6.28. The molecule has 0 atom stereocenters. The van der Waals surface area contributed by atoms with Crippen LogP contribution in [0, 0.1) is 12.8 Å². The summed E-state index contributed by atoms with van der Waals surface area (Å²) in [6.45, 7) is 3.47. The van der Waals surface area contributed by atoms with E-state index in [-0.39, 0.29) is 11.8 Å². The van der Waals surface area contributed by atoms with Crippen molar-refractivity contribution in [1.29, 1.82) is 0 Å². The minimum Gasteiger partial charge on any atom is -0.493 e. The maximum atomic E-state index is 12.1. The number of hydrogen-bond acceptors (Lipinski definition) is 3. The van der Waals surface area contributed by atoms with Gasteiger partial charge in [-0.15, -0.1) is 0 Å². The minimum absolute atomic E-state index is 0.0743. The molecule has 0 aromatic heterocycles. The highest BCUT2D eigenvalue weighted by molar-refractivity contribution is 6.30. The van der Waals surface area contributed by atoms with Gasteiger partial charge in [-0.05, 0) is 49.9 Å². The van der Waals surface area contributed by atoms with Crippen LogP contribution in [0.25, 0.3) is 0 Å². The first-order valence-electron chi connectivity index (χ1n) is 7.87. The summed E-state index contributed by atoms with van der Waals surface area (Å²) in [5, 5.41) is 9.63. The first-order chi connectivity index (χ1) is 11.0. The second-order valence-electron chi connectivity index (χ2n) is 5.86. The van der Waals surface area contributed by atoms with Crippen molar-refractivity contribution in [3.8, 4) is 5.75 Å². The SMILES string of the molecule is Cc1cc(Cl)ccc1OCCCC(=O)N1CCC(C(=O)O)CC1. The topological polar surface area (TPSA) is 66.8 Å². The average molecular weight is 340 g/mol. The summed E-state index contributed by atoms with van der Waals surface area (Å²) in [7, 11) is 0. The van der Waals surface area contributed by atoms with Crippen LogP contribution in [-0.2, 0) is 9.59 Å². The molecular formula is C17H22ClNO4. The molecule has 5 nitrogen and oxygen atoms in total. The average Bonchev–Trinajstić information content (AvgIpc) is 2.53. The summed E-state index contributed by atoms with van der Waals surface area (Å²) in [6.07, 6.45) is 2.15. The van der Waals surface area contributed by atoms with E-state index in [4.69, 9.17) is 21.4 Å². The molecule has 1 fully saturated rings. The van der Waals surface area contributed by atoms with Crippen LogP contribution in [0.5, 0.6) is 5.75 Å². The number of carbonyl (C=O) groups is 2. The molecular weight excluding hydrogens is 318 g/mol. The lowest BCUT2D eigenvalue weighted by atomic mass is 9.97. The van der Waals surface area contributed by atoms with Crippen LogP contribution in [0.1, 0.15) is 31.2 Å². The van der Waals surface area contributed by atoms with Crippen molar-refractivity contribution in [2.24, 2.45) is 5.92 Å². The summed E-state index contributed by atoms with van der Waals surface area (Å²) >= 11 is 5.89. The van der Waals surface area contributed by atoms with Gasteiger partial charge in [-0.3, -0.25) is 9.59 Å². The largest absolute Gasteiger partial charge is 0.493 e. The van der Waals surface area contributed by atoms with Crippen LogP contribution >= 0.6 is 11.6 Å². The van der Waals surface area contributed by atoms with Gasteiger partial charge >= 0.3 is 5.97 Å². The molecule has 1 aliphatic heterocycles. The third-order valence-electron chi connectivity index (χ3n) is 4.13. The molecule has 1 heterocycles. The van der Waals surface area contributed by atoms with E-state index in [1.54, 1.807) is 11.0 Å². The fraction of sp³-hybridized carbons (Fsp3) is 0.529. The van der Waals surface area contributed by atoms with Gasteiger partial charge in [-0.2, -0.15) is 0 Å². The molecule has 0 radical (unpaired) electrons. The molecule has 0 bridgehead atoms. The molecule has 0 saturated carbocycles. The Labute approximate surface area is 141 Å². The van der Waals surface area contributed by atoms with E-state index in [1.807, 2.05) is 19.1 Å². The van der Waals surface area contributed by atoms with Gasteiger partial charge in [-0.25, -0.2) is 0 Å². The molecule has 126 valence electrons. The van der Waals surface area contributed by atoms with Gasteiger partial charge < -0.3 is 14.7 Å². The van der Waals surface area contributed by atoms with Gasteiger partial charge in [0.2, 0.25) is 5.91 Å². The van der Waals surface area contributed by atoms with Crippen LogP contribution < -0.4 is 4.74 Å². The number of carbonyl (C=O) groups excluding carboxylic acids is 1. The lowest BCUT2D eigenvalue weighted by Crippen LogP contribution is -2.40. The number of halogens is 1. The number of aliphatic carboxylic acids is 1. The number of aryl methyl sites for hydroxylation is 1. The van der Waals surface area contributed by atoms with Crippen molar-refractivity contribution in [1.82, 2.24) is 4.90 Å². The number of amides is 1. The smallest absolute Gasteiger partial charge is 0.306 e. The molecule has 0 aliphatic carbocycles. The highest BCUT2D eigenvalue weighted by Gasteiger charge is 2.26. The van der Waals surface area contributed by atoms with E-state index in [9.17, 15) is 9.59 Å². The molecule has 23 heavy (non-hydrogen) atoms. The van der Waals surface area contributed by atoms with E-state index in [0.717, 1.165) is 11.3 Å². The summed E-state index contributed by atoms with van der Waals surface area (Å²) in [5.74, 6) is -0.214. The Morgan fingerprint density at radius 1 is 1.35 bits per heavy atom. The molecule has 0 spiro atoms.